The summed E-state index contributed by atoms with van der Waals surface area (Å²) in [5, 5.41) is 9.03. The third-order valence-corrected chi connectivity index (χ3v) is 8.48. The van der Waals surface area contributed by atoms with Crippen LogP contribution in [0.2, 0.25) is 0 Å². The molecule has 1 fully saturated rings. The van der Waals surface area contributed by atoms with Crippen LogP contribution in [0.25, 0.3) is 17.2 Å². The number of morpholine rings is 1. The lowest BCUT2D eigenvalue weighted by Crippen LogP contribution is -2.40. The molecule has 13 heteroatoms. The standard InChI is InChI=1S/C39H44N8O5/c1-24-29(9-8-10-30(24)41-33(48)25-11-15-27(16-12-25)38(2,3)4)32-44-35(47-23-31(42-36(47)45-32)43-37(50)52-39(5,6)7)40-28-17-13-26(14-18-28)34(49)46-19-21-51-22-20-46/h8-18,23H,19-22H2,1-7H3,(H,41,48)(H,43,50)(H,40,42,44,45). The van der Waals surface area contributed by atoms with Crippen molar-refractivity contribution in [3.8, 4) is 11.4 Å². The van der Waals surface area contributed by atoms with E-state index in [1.807, 2.05) is 49.4 Å². The van der Waals surface area contributed by atoms with Gasteiger partial charge in [0.25, 0.3) is 11.8 Å². The highest BCUT2D eigenvalue weighted by Gasteiger charge is 2.22. The maximum Gasteiger partial charge on any atom is 0.413 e. The van der Waals surface area contributed by atoms with Crippen LogP contribution in [-0.4, -0.2) is 74.1 Å². The number of hydrogen-bond donors (Lipinski definition) is 3. The van der Waals surface area contributed by atoms with E-state index >= 15 is 0 Å². The number of carbonyl (C=O) groups excluding carboxylic acids is 3. The van der Waals surface area contributed by atoms with Gasteiger partial charge in [0.2, 0.25) is 11.7 Å². The van der Waals surface area contributed by atoms with E-state index in [0.717, 1.165) is 11.1 Å². The molecule has 0 spiro atoms. The van der Waals surface area contributed by atoms with Gasteiger partial charge in [-0.1, -0.05) is 45.0 Å². The highest BCUT2D eigenvalue weighted by Crippen LogP contribution is 2.30. The zero-order valence-electron chi connectivity index (χ0n) is 30.5. The van der Waals surface area contributed by atoms with Crippen LogP contribution in [0.3, 0.4) is 0 Å². The van der Waals surface area contributed by atoms with Crippen LogP contribution in [0.4, 0.5) is 27.9 Å². The lowest BCUT2D eigenvalue weighted by Gasteiger charge is -2.26. The molecule has 0 saturated carbocycles. The Labute approximate surface area is 302 Å². The molecule has 1 aliphatic rings. The zero-order valence-corrected chi connectivity index (χ0v) is 30.5. The fourth-order valence-electron chi connectivity index (χ4n) is 5.66. The van der Waals surface area contributed by atoms with Crippen molar-refractivity contribution >= 4 is 46.8 Å². The predicted molar refractivity (Wildman–Crippen MR) is 200 cm³/mol. The molecule has 13 nitrogen and oxygen atoms in total. The maximum absolute atomic E-state index is 13.3. The molecule has 270 valence electrons. The van der Waals surface area contributed by atoms with Crippen molar-refractivity contribution < 1.29 is 23.9 Å². The fraction of sp³-hybridized carbons (Fsp3) is 0.333. The highest BCUT2D eigenvalue weighted by molar-refractivity contribution is 6.05. The third kappa shape index (κ3) is 8.37. The first-order chi connectivity index (χ1) is 24.6. The van der Waals surface area contributed by atoms with Gasteiger partial charge >= 0.3 is 6.09 Å². The van der Waals surface area contributed by atoms with Crippen molar-refractivity contribution in [1.82, 2.24) is 24.3 Å². The summed E-state index contributed by atoms with van der Waals surface area (Å²) < 4.78 is 12.4. The topological polar surface area (TPSA) is 152 Å². The van der Waals surface area contributed by atoms with Crippen molar-refractivity contribution in [3.05, 3.63) is 95.2 Å². The molecule has 0 aliphatic carbocycles. The van der Waals surface area contributed by atoms with Crippen LogP contribution in [-0.2, 0) is 14.9 Å². The largest absolute Gasteiger partial charge is 0.444 e. The molecule has 0 radical (unpaired) electrons. The van der Waals surface area contributed by atoms with E-state index in [1.165, 1.54) is 0 Å². The first-order valence-electron chi connectivity index (χ1n) is 17.2. The molecular weight excluding hydrogens is 660 g/mol. The Morgan fingerprint density at radius 2 is 1.48 bits per heavy atom. The summed E-state index contributed by atoms with van der Waals surface area (Å²) in [6.45, 7) is 15.7. The molecule has 3 aromatic carbocycles. The first kappa shape index (κ1) is 36.0. The molecule has 0 atom stereocenters. The average molecular weight is 705 g/mol. The monoisotopic (exact) mass is 704 g/mol. The van der Waals surface area contributed by atoms with Gasteiger partial charge in [-0.25, -0.2) is 4.79 Å². The summed E-state index contributed by atoms with van der Waals surface area (Å²) in [4.78, 5) is 54.9. The number of imidazole rings is 1. The summed E-state index contributed by atoms with van der Waals surface area (Å²) >= 11 is 0. The summed E-state index contributed by atoms with van der Waals surface area (Å²) in [5.74, 6) is 0.867. The van der Waals surface area contributed by atoms with Gasteiger partial charge in [-0.2, -0.15) is 15.0 Å². The number of ether oxygens (including phenoxy) is 2. The Balaban J connectivity index is 1.32. The summed E-state index contributed by atoms with van der Waals surface area (Å²) in [7, 11) is 0. The van der Waals surface area contributed by atoms with Crippen molar-refractivity contribution in [2.45, 2.75) is 59.5 Å². The van der Waals surface area contributed by atoms with Crippen molar-refractivity contribution in [1.29, 1.82) is 0 Å². The van der Waals surface area contributed by atoms with Gasteiger partial charge in [-0.15, -0.1) is 0 Å². The fourth-order valence-corrected chi connectivity index (χ4v) is 5.66. The minimum atomic E-state index is -0.702. The van der Waals surface area contributed by atoms with Gasteiger partial charge in [-0.3, -0.25) is 19.3 Å². The maximum atomic E-state index is 13.3. The van der Waals surface area contributed by atoms with E-state index < -0.39 is 11.7 Å². The van der Waals surface area contributed by atoms with Gasteiger partial charge in [0.05, 0.1) is 19.4 Å². The first-order valence-corrected chi connectivity index (χ1v) is 17.2. The number of nitrogens with one attached hydrogen (secondary N) is 3. The van der Waals surface area contributed by atoms with Gasteiger partial charge in [0.15, 0.2) is 11.6 Å². The number of benzene rings is 3. The molecule has 5 aromatic rings. The molecule has 3 N–H and O–H groups in total. The van der Waals surface area contributed by atoms with Crippen LogP contribution in [0.1, 0.15) is 73.4 Å². The lowest BCUT2D eigenvalue weighted by atomic mass is 9.86. The quantitative estimate of drug-likeness (QED) is 0.160. The number of anilines is 4. The second-order valence-electron chi connectivity index (χ2n) is 14.7. The number of carbonyl (C=O) groups is 3. The van der Waals surface area contributed by atoms with Crippen molar-refractivity contribution in [2.75, 3.05) is 42.3 Å². The van der Waals surface area contributed by atoms with Crippen LogP contribution < -0.4 is 16.0 Å². The number of aromatic nitrogens is 4. The molecule has 2 aromatic heterocycles. The van der Waals surface area contributed by atoms with Gasteiger partial charge < -0.3 is 25.0 Å². The van der Waals surface area contributed by atoms with E-state index in [2.05, 4.69) is 41.7 Å². The molecule has 1 saturated heterocycles. The zero-order chi connectivity index (χ0) is 37.2. The van der Waals surface area contributed by atoms with Crippen molar-refractivity contribution in [2.24, 2.45) is 0 Å². The second kappa shape index (κ2) is 14.4. The number of rotatable bonds is 7. The van der Waals surface area contributed by atoms with Crippen LogP contribution >= 0.6 is 0 Å². The average Bonchev–Trinajstić information content (AvgIpc) is 3.51. The molecule has 3 amide bonds. The number of fused-ring (bicyclic) bond motifs is 1. The van der Waals surface area contributed by atoms with E-state index in [1.54, 1.807) is 60.5 Å². The van der Waals surface area contributed by atoms with Gasteiger partial charge in [0, 0.05) is 41.2 Å². The molecule has 3 heterocycles. The summed E-state index contributed by atoms with van der Waals surface area (Å²) in [6, 6.07) is 20.2. The highest BCUT2D eigenvalue weighted by atomic mass is 16.6. The lowest BCUT2D eigenvalue weighted by molar-refractivity contribution is 0.0303. The number of hydrogen-bond acceptors (Lipinski definition) is 9. The third-order valence-electron chi connectivity index (χ3n) is 8.48. The van der Waals surface area contributed by atoms with Gasteiger partial charge in [0.1, 0.15) is 5.60 Å². The summed E-state index contributed by atoms with van der Waals surface area (Å²) in [6.07, 6.45) is 0.933. The molecule has 52 heavy (non-hydrogen) atoms. The van der Waals surface area contributed by atoms with Crippen LogP contribution in [0.15, 0.2) is 72.9 Å². The van der Waals surface area contributed by atoms with E-state index in [9.17, 15) is 14.4 Å². The predicted octanol–water partition coefficient (Wildman–Crippen LogP) is 7.21. The minimum absolute atomic E-state index is 0.0261. The molecular formula is C39H44N8O5. The Morgan fingerprint density at radius 1 is 0.808 bits per heavy atom. The van der Waals surface area contributed by atoms with E-state index in [-0.39, 0.29) is 28.8 Å². The second-order valence-corrected chi connectivity index (χ2v) is 14.7. The summed E-state index contributed by atoms with van der Waals surface area (Å²) in [5.41, 5.74) is 4.21. The molecule has 0 unspecified atom stereocenters. The van der Waals surface area contributed by atoms with Gasteiger partial charge in [-0.05, 0) is 86.7 Å². The Kier molecular flexibility index (Phi) is 9.99. The van der Waals surface area contributed by atoms with Crippen molar-refractivity contribution in [3.63, 3.8) is 0 Å². The Morgan fingerprint density at radius 3 is 2.13 bits per heavy atom. The van der Waals surface area contributed by atoms with Crippen LogP contribution in [0.5, 0.6) is 0 Å². The smallest absolute Gasteiger partial charge is 0.413 e. The normalized spacial score (nSPS) is 13.5. The van der Waals surface area contributed by atoms with E-state index in [0.29, 0.717) is 66.1 Å². The van der Waals surface area contributed by atoms with Crippen LogP contribution in [0, 0.1) is 6.92 Å². The number of amides is 3. The number of nitrogens with zero attached hydrogens (tertiary/aromatic N) is 5. The van der Waals surface area contributed by atoms with E-state index in [4.69, 9.17) is 19.4 Å². The Bertz CT molecular complexity index is 2110. The SMILES string of the molecule is Cc1c(NC(=O)c2ccc(C(C)(C)C)cc2)cccc1-c1nc(Nc2ccc(C(=O)N3CCOCC3)cc2)n2cc(NC(=O)OC(C)(C)C)nc2n1. The molecule has 1 aliphatic heterocycles. The molecule has 0 bridgehead atoms. The molecule has 6 rings (SSSR count). The minimum Gasteiger partial charge on any atom is -0.444 e. The Hall–Kier alpha value is -5.82.